The van der Waals surface area contributed by atoms with Crippen LogP contribution in [-0.2, 0) is 16.0 Å². The summed E-state index contributed by atoms with van der Waals surface area (Å²) < 4.78 is 16.8. The number of nitrogens with one attached hydrogen (secondary N) is 1. The molecule has 1 atom stereocenters. The van der Waals surface area contributed by atoms with Gasteiger partial charge < -0.3 is 19.5 Å². The molecule has 2 aliphatic rings. The summed E-state index contributed by atoms with van der Waals surface area (Å²) in [5, 5.41) is 3.68. The zero-order valence-corrected chi connectivity index (χ0v) is 12.8. The maximum Gasteiger partial charge on any atom is 0.119 e. The Morgan fingerprint density at radius 3 is 2.95 bits per heavy atom. The lowest BCUT2D eigenvalue weighted by Gasteiger charge is -2.43. The van der Waals surface area contributed by atoms with E-state index >= 15 is 0 Å². The van der Waals surface area contributed by atoms with Crippen molar-refractivity contribution >= 4 is 0 Å². The molecule has 2 heterocycles. The predicted molar refractivity (Wildman–Crippen MR) is 81.6 cm³/mol. The first-order valence-corrected chi connectivity index (χ1v) is 7.88. The molecule has 1 unspecified atom stereocenters. The van der Waals surface area contributed by atoms with Gasteiger partial charge in [-0.25, -0.2) is 0 Å². The lowest BCUT2D eigenvalue weighted by atomic mass is 9.84. The van der Waals surface area contributed by atoms with Gasteiger partial charge in [0.05, 0.1) is 12.7 Å². The average molecular weight is 291 g/mol. The van der Waals surface area contributed by atoms with Gasteiger partial charge >= 0.3 is 0 Å². The molecule has 2 fully saturated rings. The van der Waals surface area contributed by atoms with Gasteiger partial charge in [-0.15, -0.1) is 0 Å². The van der Waals surface area contributed by atoms with E-state index in [1.807, 2.05) is 12.1 Å². The molecule has 3 rings (SSSR count). The topological polar surface area (TPSA) is 39.7 Å². The monoisotopic (exact) mass is 291 g/mol. The van der Waals surface area contributed by atoms with Gasteiger partial charge in [0, 0.05) is 32.4 Å². The van der Waals surface area contributed by atoms with Crippen molar-refractivity contribution in [3.63, 3.8) is 0 Å². The first kappa shape index (κ1) is 14.8. The van der Waals surface area contributed by atoms with Crippen molar-refractivity contribution < 1.29 is 14.2 Å². The number of rotatable bonds is 4. The fraction of sp³-hybridized carbons (Fsp3) is 0.647. The van der Waals surface area contributed by atoms with E-state index in [-0.39, 0.29) is 5.60 Å². The minimum Gasteiger partial charge on any atom is -0.497 e. The molecule has 4 heteroatoms. The van der Waals surface area contributed by atoms with E-state index in [0.717, 1.165) is 57.8 Å². The molecular formula is C17H25NO3. The van der Waals surface area contributed by atoms with E-state index < -0.39 is 0 Å². The predicted octanol–water partition coefficient (Wildman–Crippen LogP) is 2.51. The highest BCUT2D eigenvalue weighted by molar-refractivity contribution is 5.28. The minimum absolute atomic E-state index is 0.0581. The van der Waals surface area contributed by atoms with E-state index in [0.29, 0.717) is 6.04 Å². The molecule has 116 valence electrons. The van der Waals surface area contributed by atoms with Gasteiger partial charge in [-0.3, -0.25) is 0 Å². The first-order chi connectivity index (χ1) is 10.3. The van der Waals surface area contributed by atoms with Gasteiger partial charge in [0.1, 0.15) is 5.75 Å². The van der Waals surface area contributed by atoms with Crippen LogP contribution in [0.2, 0.25) is 0 Å². The number of ether oxygens (including phenoxy) is 3. The molecule has 0 bridgehead atoms. The molecule has 0 aromatic heterocycles. The Bertz CT molecular complexity index is 452. The SMILES string of the molecule is COc1cccc(CNC2CCOC3(CCOCC3)C2)c1. The Morgan fingerprint density at radius 2 is 2.14 bits per heavy atom. The van der Waals surface area contributed by atoms with Gasteiger partial charge in [0.25, 0.3) is 0 Å². The van der Waals surface area contributed by atoms with Crippen LogP contribution in [-0.4, -0.2) is 38.6 Å². The molecular weight excluding hydrogens is 266 g/mol. The number of methoxy groups -OCH3 is 1. The summed E-state index contributed by atoms with van der Waals surface area (Å²) in [5.74, 6) is 0.919. The second kappa shape index (κ2) is 6.77. The van der Waals surface area contributed by atoms with Crippen molar-refractivity contribution in [1.29, 1.82) is 0 Å². The number of benzene rings is 1. The van der Waals surface area contributed by atoms with Crippen molar-refractivity contribution in [3.8, 4) is 5.75 Å². The molecule has 0 radical (unpaired) electrons. The molecule has 1 aromatic carbocycles. The molecule has 1 aromatic rings. The van der Waals surface area contributed by atoms with Crippen LogP contribution in [0.5, 0.6) is 5.75 Å². The maximum absolute atomic E-state index is 6.09. The summed E-state index contributed by atoms with van der Waals surface area (Å²) in [6, 6.07) is 8.78. The maximum atomic E-state index is 6.09. The highest BCUT2D eigenvalue weighted by atomic mass is 16.5. The van der Waals surface area contributed by atoms with E-state index in [9.17, 15) is 0 Å². The Morgan fingerprint density at radius 1 is 1.29 bits per heavy atom. The van der Waals surface area contributed by atoms with Crippen molar-refractivity contribution in [2.75, 3.05) is 26.9 Å². The summed E-state index contributed by atoms with van der Waals surface area (Å²) in [7, 11) is 1.71. The Hall–Kier alpha value is -1.10. The third kappa shape index (κ3) is 3.76. The highest BCUT2D eigenvalue weighted by Crippen LogP contribution is 2.34. The van der Waals surface area contributed by atoms with Gasteiger partial charge in [-0.2, -0.15) is 0 Å². The van der Waals surface area contributed by atoms with E-state index in [1.165, 1.54) is 5.56 Å². The van der Waals surface area contributed by atoms with Crippen molar-refractivity contribution in [3.05, 3.63) is 29.8 Å². The first-order valence-electron chi connectivity index (χ1n) is 7.88. The second-order valence-corrected chi connectivity index (χ2v) is 6.07. The smallest absolute Gasteiger partial charge is 0.119 e. The summed E-state index contributed by atoms with van der Waals surface area (Å²) in [6.45, 7) is 3.41. The summed E-state index contributed by atoms with van der Waals surface area (Å²) in [5.41, 5.74) is 1.32. The lowest BCUT2D eigenvalue weighted by Crippen LogP contribution is -2.49. The van der Waals surface area contributed by atoms with E-state index in [2.05, 4.69) is 17.4 Å². The molecule has 0 aliphatic carbocycles. The molecule has 2 saturated heterocycles. The Kier molecular flexibility index (Phi) is 4.78. The second-order valence-electron chi connectivity index (χ2n) is 6.07. The van der Waals surface area contributed by atoms with Crippen LogP contribution in [0.3, 0.4) is 0 Å². The molecule has 0 amide bonds. The van der Waals surface area contributed by atoms with Gasteiger partial charge in [0.15, 0.2) is 0 Å². The third-order valence-corrected chi connectivity index (χ3v) is 4.63. The van der Waals surface area contributed by atoms with Crippen molar-refractivity contribution in [2.45, 2.75) is 43.9 Å². The number of hydrogen-bond acceptors (Lipinski definition) is 4. The third-order valence-electron chi connectivity index (χ3n) is 4.63. The molecule has 1 spiro atoms. The Balaban J connectivity index is 1.54. The molecule has 21 heavy (non-hydrogen) atoms. The lowest BCUT2D eigenvalue weighted by molar-refractivity contribution is -0.140. The fourth-order valence-corrected chi connectivity index (χ4v) is 3.34. The zero-order valence-electron chi connectivity index (χ0n) is 12.8. The van der Waals surface area contributed by atoms with Crippen LogP contribution >= 0.6 is 0 Å². The summed E-state index contributed by atoms with van der Waals surface area (Å²) in [4.78, 5) is 0. The van der Waals surface area contributed by atoms with Crippen LogP contribution in [0, 0.1) is 0 Å². The largest absolute Gasteiger partial charge is 0.497 e. The van der Waals surface area contributed by atoms with Crippen LogP contribution in [0.15, 0.2) is 24.3 Å². The van der Waals surface area contributed by atoms with E-state index in [1.54, 1.807) is 7.11 Å². The van der Waals surface area contributed by atoms with Crippen molar-refractivity contribution in [1.82, 2.24) is 5.32 Å². The van der Waals surface area contributed by atoms with E-state index in [4.69, 9.17) is 14.2 Å². The Labute approximate surface area is 126 Å². The van der Waals surface area contributed by atoms with Crippen LogP contribution in [0.25, 0.3) is 0 Å². The van der Waals surface area contributed by atoms with Crippen LogP contribution in [0.1, 0.15) is 31.2 Å². The van der Waals surface area contributed by atoms with Gasteiger partial charge in [-0.1, -0.05) is 12.1 Å². The van der Waals surface area contributed by atoms with Crippen LogP contribution in [0.4, 0.5) is 0 Å². The van der Waals surface area contributed by atoms with Crippen molar-refractivity contribution in [2.24, 2.45) is 0 Å². The average Bonchev–Trinajstić information content (AvgIpc) is 2.54. The summed E-state index contributed by atoms with van der Waals surface area (Å²) in [6.07, 6.45) is 4.25. The van der Waals surface area contributed by atoms with Gasteiger partial charge in [0.2, 0.25) is 0 Å². The minimum atomic E-state index is 0.0581. The zero-order chi connectivity index (χ0) is 14.5. The standard InChI is InChI=1S/C17H25NO3/c1-19-16-4-2-3-14(11-16)13-18-15-5-8-21-17(12-15)6-9-20-10-7-17/h2-4,11,15,18H,5-10,12-13H2,1H3. The molecule has 4 nitrogen and oxygen atoms in total. The highest BCUT2D eigenvalue weighted by Gasteiger charge is 2.38. The van der Waals surface area contributed by atoms with Crippen LogP contribution < -0.4 is 10.1 Å². The van der Waals surface area contributed by atoms with Gasteiger partial charge in [-0.05, 0) is 43.4 Å². The quantitative estimate of drug-likeness (QED) is 0.925. The fourth-order valence-electron chi connectivity index (χ4n) is 3.34. The molecule has 1 N–H and O–H groups in total. The normalized spacial score (nSPS) is 24.9. The molecule has 0 saturated carbocycles. The molecule has 2 aliphatic heterocycles. The number of hydrogen-bond donors (Lipinski definition) is 1. The summed E-state index contributed by atoms with van der Waals surface area (Å²) >= 11 is 0.